The average Bonchev–Trinajstić information content (AvgIpc) is 2.27. The number of hydrogen-bond donors (Lipinski definition) is 2. The summed E-state index contributed by atoms with van der Waals surface area (Å²) in [7, 11) is 1.69. The molecule has 0 bridgehead atoms. The van der Waals surface area contributed by atoms with Gasteiger partial charge in [0, 0.05) is 17.6 Å². The van der Waals surface area contributed by atoms with E-state index in [-0.39, 0.29) is 0 Å². The maximum atomic E-state index is 5.80. The average molecular weight is 206 g/mol. The number of nitrogens with one attached hydrogen (secondary N) is 1. The van der Waals surface area contributed by atoms with Crippen molar-refractivity contribution in [1.82, 2.24) is 0 Å². The van der Waals surface area contributed by atoms with Crippen molar-refractivity contribution >= 4 is 5.69 Å². The molecule has 15 heavy (non-hydrogen) atoms. The SMILES string of the molecule is COc1ccc2c(c1)C(CN)CC(C)N2. The van der Waals surface area contributed by atoms with Gasteiger partial charge >= 0.3 is 0 Å². The molecule has 1 aromatic carbocycles. The molecular weight excluding hydrogens is 188 g/mol. The van der Waals surface area contributed by atoms with Gasteiger partial charge in [0.1, 0.15) is 5.75 Å². The lowest BCUT2D eigenvalue weighted by Crippen LogP contribution is -2.29. The summed E-state index contributed by atoms with van der Waals surface area (Å²) in [6, 6.07) is 6.65. The quantitative estimate of drug-likeness (QED) is 0.777. The monoisotopic (exact) mass is 206 g/mol. The molecule has 2 rings (SSSR count). The Balaban J connectivity index is 2.38. The third kappa shape index (κ3) is 1.92. The molecule has 0 spiro atoms. The standard InChI is InChI=1S/C12H18N2O/c1-8-5-9(7-13)11-6-10(15-2)3-4-12(11)14-8/h3-4,6,8-9,14H,5,7,13H2,1-2H3. The maximum absolute atomic E-state index is 5.80. The van der Waals surface area contributed by atoms with Gasteiger partial charge in [-0.2, -0.15) is 0 Å². The number of rotatable bonds is 2. The molecule has 0 fully saturated rings. The molecule has 1 heterocycles. The highest BCUT2D eigenvalue weighted by atomic mass is 16.5. The molecular formula is C12H18N2O. The van der Waals surface area contributed by atoms with Crippen molar-refractivity contribution in [3.63, 3.8) is 0 Å². The van der Waals surface area contributed by atoms with E-state index >= 15 is 0 Å². The summed E-state index contributed by atoms with van der Waals surface area (Å²) >= 11 is 0. The van der Waals surface area contributed by atoms with Crippen LogP contribution in [0.3, 0.4) is 0 Å². The molecule has 1 aliphatic rings. The minimum absolute atomic E-state index is 0.450. The first-order chi connectivity index (χ1) is 7.24. The van der Waals surface area contributed by atoms with Gasteiger partial charge in [0.2, 0.25) is 0 Å². The van der Waals surface area contributed by atoms with Crippen molar-refractivity contribution < 1.29 is 4.74 Å². The van der Waals surface area contributed by atoms with Crippen molar-refractivity contribution in [2.75, 3.05) is 19.0 Å². The second-order valence-corrected chi connectivity index (χ2v) is 4.17. The van der Waals surface area contributed by atoms with E-state index in [9.17, 15) is 0 Å². The molecule has 1 aromatic rings. The van der Waals surface area contributed by atoms with Gasteiger partial charge in [0.25, 0.3) is 0 Å². The van der Waals surface area contributed by atoms with Crippen molar-refractivity contribution in [3.8, 4) is 5.75 Å². The molecule has 3 nitrogen and oxygen atoms in total. The molecule has 0 saturated carbocycles. The third-order valence-corrected chi connectivity index (χ3v) is 3.02. The van der Waals surface area contributed by atoms with Gasteiger partial charge < -0.3 is 15.8 Å². The van der Waals surface area contributed by atoms with Crippen LogP contribution in [-0.2, 0) is 0 Å². The molecule has 0 amide bonds. The minimum Gasteiger partial charge on any atom is -0.497 e. The lowest BCUT2D eigenvalue weighted by molar-refractivity contribution is 0.413. The zero-order valence-corrected chi connectivity index (χ0v) is 9.29. The molecule has 0 aliphatic carbocycles. The Morgan fingerprint density at radius 2 is 2.33 bits per heavy atom. The second kappa shape index (κ2) is 4.11. The Kier molecular flexibility index (Phi) is 2.82. The maximum Gasteiger partial charge on any atom is 0.119 e. The lowest BCUT2D eigenvalue weighted by atomic mass is 9.87. The van der Waals surface area contributed by atoms with Crippen molar-refractivity contribution in [3.05, 3.63) is 23.8 Å². The number of nitrogens with two attached hydrogens (primary N) is 1. The van der Waals surface area contributed by atoms with Crippen molar-refractivity contribution in [2.24, 2.45) is 5.73 Å². The number of anilines is 1. The third-order valence-electron chi connectivity index (χ3n) is 3.02. The van der Waals surface area contributed by atoms with E-state index in [1.807, 2.05) is 6.07 Å². The van der Waals surface area contributed by atoms with Crippen LogP contribution in [-0.4, -0.2) is 19.7 Å². The summed E-state index contributed by atoms with van der Waals surface area (Å²) in [5, 5.41) is 3.46. The first-order valence-corrected chi connectivity index (χ1v) is 5.39. The van der Waals surface area contributed by atoms with E-state index in [2.05, 4.69) is 24.4 Å². The number of ether oxygens (including phenoxy) is 1. The van der Waals surface area contributed by atoms with Crippen LogP contribution in [0.15, 0.2) is 18.2 Å². The lowest BCUT2D eigenvalue weighted by Gasteiger charge is -2.30. The van der Waals surface area contributed by atoms with Gasteiger partial charge in [0.15, 0.2) is 0 Å². The zero-order valence-electron chi connectivity index (χ0n) is 9.29. The van der Waals surface area contributed by atoms with Crippen molar-refractivity contribution in [2.45, 2.75) is 25.3 Å². The summed E-state index contributed by atoms with van der Waals surface area (Å²) < 4.78 is 5.23. The molecule has 3 heteroatoms. The highest BCUT2D eigenvalue weighted by Gasteiger charge is 2.23. The Morgan fingerprint density at radius 1 is 1.53 bits per heavy atom. The van der Waals surface area contributed by atoms with E-state index < -0.39 is 0 Å². The fourth-order valence-electron chi connectivity index (χ4n) is 2.24. The molecule has 0 saturated heterocycles. The summed E-state index contributed by atoms with van der Waals surface area (Å²) in [4.78, 5) is 0. The van der Waals surface area contributed by atoms with E-state index in [0.717, 1.165) is 12.2 Å². The van der Waals surface area contributed by atoms with Crippen LogP contribution in [0.25, 0.3) is 0 Å². The molecule has 2 atom stereocenters. The molecule has 0 aromatic heterocycles. The highest BCUT2D eigenvalue weighted by molar-refractivity contribution is 5.58. The van der Waals surface area contributed by atoms with E-state index in [0.29, 0.717) is 18.5 Å². The van der Waals surface area contributed by atoms with Crippen LogP contribution in [0.1, 0.15) is 24.8 Å². The fraction of sp³-hybridized carbons (Fsp3) is 0.500. The van der Waals surface area contributed by atoms with Crippen LogP contribution >= 0.6 is 0 Å². The van der Waals surface area contributed by atoms with Crippen LogP contribution in [0, 0.1) is 0 Å². The van der Waals surface area contributed by atoms with Gasteiger partial charge in [-0.1, -0.05) is 0 Å². The van der Waals surface area contributed by atoms with E-state index in [4.69, 9.17) is 10.5 Å². The van der Waals surface area contributed by atoms with E-state index in [1.54, 1.807) is 7.11 Å². The van der Waals surface area contributed by atoms with E-state index in [1.165, 1.54) is 11.3 Å². The van der Waals surface area contributed by atoms with Gasteiger partial charge in [-0.15, -0.1) is 0 Å². The van der Waals surface area contributed by atoms with Crippen LogP contribution in [0.5, 0.6) is 5.75 Å². The number of hydrogen-bond acceptors (Lipinski definition) is 3. The van der Waals surface area contributed by atoms with Crippen LogP contribution in [0.4, 0.5) is 5.69 Å². The Labute approximate surface area is 90.6 Å². The normalized spacial score (nSPS) is 24.2. The Bertz CT molecular complexity index is 351. The number of benzene rings is 1. The number of fused-ring (bicyclic) bond motifs is 1. The highest BCUT2D eigenvalue weighted by Crippen LogP contribution is 2.35. The molecule has 1 aliphatic heterocycles. The summed E-state index contributed by atoms with van der Waals surface area (Å²) in [6.45, 7) is 2.89. The van der Waals surface area contributed by atoms with Gasteiger partial charge in [-0.3, -0.25) is 0 Å². The topological polar surface area (TPSA) is 47.3 Å². The number of methoxy groups -OCH3 is 1. The predicted octanol–water partition coefficient (Wildman–Crippen LogP) is 1.94. The van der Waals surface area contributed by atoms with Gasteiger partial charge in [-0.05, 0) is 43.7 Å². The fourth-order valence-corrected chi connectivity index (χ4v) is 2.24. The Hall–Kier alpha value is -1.22. The first-order valence-electron chi connectivity index (χ1n) is 5.39. The molecule has 82 valence electrons. The minimum atomic E-state index is 0.450. The van der Waals surface area contributed by atoms with Crippen LogP contribution in [0.2, 0.25) is 0 Å². The molecule has 2 unspecified atom stereocenters. The predicted molar refractivity (Wildman–Crippen MR) is 62.5 cm³/mol. The van der Waals surface area contributed by atoms with Crippen LogP contribution < -0.4 is 15.8 Å². The summed E-state index contributed by atoms with van der Waals surface area (Å²) in [5.41, 5.74) is 8.29. The Morgan fingerprint density at radius 3 is 3.00 bits per heavy atom. The van der Waals surface area contributed by atoms with Gasteiger partial charge in [0.05, 0.1) is 7.11 Å². The molecule has 0 radical (unpaired) electrons. The summed E-state index contributed by atoms with van der Waals surface area (Å²) in [5.74, 6) is 1.36. The smallest absolute Gasteiger partial charge is 0.119 e. The zero-order chi connectivity index (χ0) is 10.8. The summed E-state index contributed by atoms with van der Waals surface area (Å²) in [6.07, 6.45) is 1.09. The van der Waals surface area contributed by atoms with Crippen molar-refractivity contribution in [1.29, 1.82) is 0 Å². The first kappa shape index (κ1) is 10.3. The molecule has 3 N–H and O–H groups in total. The second-order valence-electron chi connectivity index (χ2n) is 4.17. The van der Waals surface area contributed by atoms with Gasteiger partial charge in [-0.25, -0.2) is 0 Å². The largest absolute Gasteiger partial charge is 0.497 e.